The molecule has 0 fully saturated rings. The third-order valence-corrected chi connectivity index (χ3v) is 3.83. The van der Waals surface area contributed by atoms with Crippen LogP contribution in [-0.4, -0.2) is 17.9 Å². The minimum atomic E-state index is -0.0418. The molecule has 4 nitrogen and oxygen atoms in total. The number of hydrazone groups is 1. The first-order valence-electron chi connectivity index (χ1n) is 7.13. The van der Waals surface area contributed by atoms with E-state index in [0.29, 0.717) is 11.5 Å². The first kappa shape index (κ1) is 14.5. The maximum atomic E-state index is 6.12. The van der Waals surface area contributed by atoms with Gasteiger partial charge >= 0.3 is 0 Å². The molecule has 0 saturated heterocycles. The zero-order valence-electron chi connectivity index (χ0n) is 12.2. The highest BCUT2D eigenvalue weighted by molar-refractivity contribution is 7.80. The first-order chi connectivity index (χ1) is 10.8. The Labute approximate surface area is 135 Å². The summed E-state index contributed by atoms with van der Waals surface area (Å²) in [6.45, 7) is 0. The van der Waals surface area contributed by atoms with Crippen LogP contribution in [0.15, 0.2) is 59.7 Å². The van der Waals surface area contributed by atoms with Crippen molar-refractivity contribution in [1.82, 2.24) is 10.7 Å². The number of para-hydroxylation sites is 1. The number of nitrogens with zero attached hydrogens (tertiary/aromatic N) is 1. The van der Waals surface area contributed by atoms with Crippen molar-refractivity contribution in [2.24, 2.45) is 5.10 Å². The van der Waals surface area contributed by atoms with Crippen LogP contribution >= 0.6 is 12.2 Å². The van der Waals surface area contributed by atoms with Crippen LogP contribution in [0.25, 0.3) is 0 Å². The molecule has 0 aromatic heterocycles. The van der Waals surface area contributed by atoms with Crippen molar-refractivity contribution in [2.45, 2.75) is 12.5 Å². The van der Waals surface area contributed by atoms with Gasteiger partial charge in [-0.15, -0.1) is 0 Å². The van der Waals surface area contributed by atoms with E-state index in [4.69, 9.17) is 17.0 Å². The molecule has 5 heteroatoms. The van der Waals surface area contributed by atoms with Gasteiger partial charge in [-0.25, -0.2) is 0 Å². The fourth-order valence-corrected chi connectivity index (χ4v) is 2.47. The summed E-state index contributed by atoms with van der Waals surface area (Å²) < 4.78 is 6.12. The maximum Gasteiger partial charge on any atom is 0.186 e. The SMILES string of the molecule is CNC(=S)N/N=C1/C[C@H](c2ccccc2)Oc2ccccc21. The molecular weight excluding hydrogens is 294 g/mol. The Morgan fingerprint density at radius 2 is 1.86 bits per heavy atom. The van der Waals surface area contributed by atoms with Gasteiger partial charge in [-0.2, -0.15) is 5.10 Å². The van der Waals surface area contributed by atoms with Crippen molar-refractivity contribution < 1.29 is 4.74 Å². The maximum absolute atomic E-state index is 6.12. The van der Waals surface area contributed by atoms with E-state index < -0.39 is 0 Å². The van der Waals surface area contributed by atoms with Gasteiger partial charge in [0, 0.05) is 19.0 Å². The molecule has 1 heterocycles. The van der Waals surface area contributed by atoms with Crippen molar-refractivity contribution in [3.8, 4) is 5.75 Å². The molecule has 2 aromatic carbocycles. The highest BCUT2D eigenvalue weighted by Crippen LogP contribution is 2.34. The molecule has 2 aromatic rings. The summed E-state index contributed by atoms with van der Waals surface area (Å²) in [7, 11) is 1.76. The predicted octanol–water partition coefficient (Wildman–Crippen LogP) is 3.01. The lowest BCUT2D eigenvalue weighted by Crippen LogP contribution is -2.31. The number of fused-ring (bicyclic) bond motifs is 1. The van der Waals surface area contributed by atoms with E-state index in [1.165, 1.54) is 0 Å². The first-order valence-corrected chi connectivity index (χ1v) is 7.54. The number of hydrogen-bond acceptors (Lipinski definition) is 3. The molecule has 0 bridgehead atoms. The molecule has 0 spiro atoms. The number of rotatable bonds is 2. The van der Waals surface area contributed by atoms with Crippen LogP contribution in [0, 0.1) is 0 Å². The minimum absolute atomic E-state index is 0.0418. The summed E-state index contributed by atoms with van der Waals surface area (Å²) in [6, 6.07) is 18.1. The third kappa shape index (κ3) is 3.09. The molecule has 22 heavy (non-hydrogen) atoms. The Bertz CT molecular complexity index is 700. The molecule has 1 aliphatic rings. The number of nitrogens with one attached hydrogen (secondary N) is 2. The van der Waals surface area contributed by atoms with Crippen molar-refractivity contribution >= 4 is 23.0 Å². The number of benzene rings is 2. The Morgan fingerprint density at radius 1 is 1.14 bits per heavy atom. The summed E-state index contributed by atoms with van der Waals surface area (Å²) in [5.74, 6) is 0.846. The Hall–Kier alpha value is -2.40. The highest BCUT2D eigenvalue weighted by Gasteiger charge is 2.26. The molecule has 0 aliphatic carbocycles. The fraction of sp³-hybridized carbons (Fsp3) is 0.176. The zero-order chi connectivity index (χ0) is 15.4. The predicted molar refractivity (Wildman–Crippen MR) is 92.2 cm³/mol. The second-order valence-corrected chi connectivity index (χ2v) is 5.38. The van der Waals surface area contributed by atoms with Gasteiger partial charge in [-0.3, -0.25) is 5.43 Å². The van der Waals surface area contributed by atoms with Crippen LogP contribution in [0.4, 0.5) is 0 Å². The fourth-order valence-electron chi connectivity index (χ4n) is 2.42. The standard InChI is InChI=1S/C17H17N3OS/c1-18-17(22)20-19-14-11-16(12-7-3-2-4-8-12)21-15-10-6-5-9-13(14)15/h2-10,16H,11H2,1H3,(H2,18,20,22)/b19-14-/t16-/m1/s1. The van der Waals surface area contributed by atoms with E-state index >= 15 is 0 Å². The normalized spacial score (nSPS) is 18.2. The summed E-state index contributed by atoms with van der Waals surface area (Å²) >= 11 is 5.08. The molecular formula is C17H17N3OS. The van der Waals surface area contributed by atoms with Crippen LogP contribution < -0.4 is 15.5 Å². The van der Waals surface area contributed by atoms with Gasteiger partial charge in [0.2, 0.25) is 0 Å². The number of thiocarbonyl (C=S) groups is 1. The quantitative estimate of drug-likeness (QED) is 0.661. The molecule has 0 saturated carbocycles. The third-order valence-electron chi connectivity index (χ3n) is 3.54. The lowest BCUT2D eigenvalue weighted by atomic mass is 9.96. The van der Waals surface area contributed by atoms with Crippen LogP contribution in [-0.2, 0) is 0 Å². The van der Waals surface area contributed by atoms with Crippen molar-refractivity contribution in [1.29, 1.82) is 0 Å². The van der Waals surface area contributed by atoms with Crippen LogP contribution in [0.2, 0.25) is 0 Å². The molecule has 2 N–H and O–H groups in total. The topological polar surface area (TPSA) is 45.7 Å². The van der Waals surface area contributed by atoms with E-state index in [1.807, 2.05) is 42.5 Å². The van der Waals surface area contributed by atoms with Gasteiger partial charge in [-0.1, -0.05) is 42.5 Å². The molecule has 3 rings (SSSR count). The van der Waals surface area contributed by atoms with Gasteiger partial charge in [-0.05, 0) is 29.9 Å². The van der Waals surface area contributed by atoms with Crippen molar-refractivity contribution in [2.75, 3.05) is 7.05 Å². The van der Waals surface area contributed by atoms with Gasteiger partial charge in [0.05, 0.1) is 5.71 Å². The van der Waals surface area contributed by atoms with E-state index in [0.717, 1.165) is 22.6 Å². The van der Waals surface area contributed by atoms with Crippen LogP contribution in [0.3, 0.4) is 0 Å². The molecule has 0 amide bonds. The average molecular weight is 311 g/mol. The van der Waals surface area contributed by atoms with Crippen molar-refractivity contribution in [3.63, 3.8) is 0 Å². The molecule has 1 aliphatic heterocycles. The van der Waals surface area contributed by atoms with Gasteiger partial charge in [0.25, 0.3) is 0 Å². The van der Waals surface area contributed by atoms with Crippen LogP contribution in [0.1, 0.15) is 23.7 Å². The molecule has 0 unspecified atom stereocenters. The number of ether oxygens (including phenoxy) is 1. The molecule has 112 valence electrons. The van der Waals surface area contributed by atoms with E-state index in [2.05, 4.69) is 28.0 Å². The average Bonchev–Trinajstić information content (AvgIpc) is 2.59. The summed E-state index contributed by atoms with van der Waals surface area (Å²) in [4.78, 5) is 0. The van der Waals surface area contributed by atoms with Crippen molar-refractivity contribution in [3.05, 3.63) is 65.7 Å². The summed E-state index contributed by atoms with van der Waals surface area (Å²) in [5.41, 5.74) is 5.95. The van der Waals surface area contributed by atoms with E-state index in [1.54, 1.807) is 7.05 Å². The highest BCUT2D eigenvalue weighted by atomic mass is 32.1. The lowest BCUT2D eigenvalue weighted by Gasteiger charge is -2.27. The lowest BCUT2D eigenvalue weighted by molar-refractivity contribution is 0.206. The smallest absolute Gasteiger partial charge is 0.186 e. The number of hydrogen-bond donors (Lipinski definition) is 2. The Kier molecular flexibility index (Phi) is 4.34. The minimum Gasteiger partial charge on any atom is -0.485 e. The summed E-state index contributed by atoms with van der Waals surface area (Å²) in [5, 5.41) is 7.80. The van der Waals surface area contributed by atoms with E-state index in [-0.39, 0.29) is 6.10 Å². The monoisotopic (exact) mass is 311 g/mol. The second kappa shape index (κ2) is 6.58. The second-order valence-electron chi connectivity index (χ2n) is 4.97. The van der Waals surface area contributed by atoms with Gasteiger partial charge in [0.15, 0.2) is 5.11 Å². The molecule has 1 atom stereocenters. The van der Waals surface area contributed by atoms with Crippen LogP contribution in [0.5, 0.6) is 5.75 Å². The Balaban J connectivity index is 1.93. The van der Waals surface area contributed by atoms with Gasteiger partial charge < -0.3 is 10.1 Å². The zero-order valence-corrected chi connectivity index (χ0v) is 13.1. The summed E-state index contributed by atoms with van der Waals surface area (Å²) in [6.07, 6.45) is 0.653. The van der Waals surface area contributed by atoms with Gasteiger partial charge in [0.1, 0.15) is 11.9 Å². The largest absolute Gasteiger partial charge is 0.485 e. The molecule has 0 radical (unpaired) electrons. The Morgan fingerprint density at radius 3 is 2.64 bits per heavy atom. The van der Waals surface area contributed by atoms with E-state index in [9.17, 15) is 0 Å².